The van der Waals surface area contributed by atoms with Gasteiger partial charge in [-0.1, -0.05) is 18.6 Å². The average Bonchev–Trinajstić information content (AvgIpc) is 2.76. The second-order valence-corrected chi connectivity index (χ2v) is 5.12. The normalized spacial score (nSPS) is 11.2. The van der Waals surface area contributed by atoms with Crippen molar-refractivity contribution in [1.29, 1.82) is 0 Å². The summed E-state index contributed by atoms with van der Waals surface area (Å²) in [6.07, 6.45) is 5.42. The SMILES string of the molecule is NCCCCCn1cnc2ccccc21.O=S(=O)(O)O. The highest BCUT2D eigenvalue weighted by molar-refractivity contribution is 7.79. The third-order valence-corrected chi connectivity index (χ3v) is 2.63. The van der Waals surface area contributed by atoms with Gasteiger partial charge in [0.05, 0.1) is 17.4 Å². The maximum absolute atomic E-state index is 8.74. The topological polar surface area (TPSA) is 118 Å². The van der Waals surface area contributed by atoms with E-state index in [1.807, 2.05) is 18.5 Å². The molecule has 8 heteroatoms. The molecule has 112 valence electrons. The molecule has 0 atom stereocenters. The van der Waals surface area contributed by atoms with Crippen LogP contribution in [0.25, 0.3) is 11.0 Å². The lowest BCUT2D eigenvalue weighted by Crippen LogP contribution is -2.00. The van der Waals surface area contributed by atoms with Gasteiger partial charge in [0.15, 0.2) is 0 Å². The Morgan fingerprint density at radius 2 is 1.80 bits per heavy atom. The summed E-state index contributed by atoms with van der Waals surface area (Å²) in [6.45, 7) is 1.84. The summed E-state index contributed by atoms with van der Waals surface area (Å²) in [6, 6.07) is 8.24. The molecule has 1 aromatic heterocycles. The molecule has 0 aliphatic rings. The molecule has 0 aliphatic carbocycles. The summed E-state index contributed by atoms with van der Waals surface area (Å²) in [7, 11) is -4.67. The molecule has 20 heavy (non-hydrogen) atoms. The van der Waals surface area contributed by atoms with E-state index < -0.39 is 10.4 Å². The Morgan fingerprint density at radius 3 is 2.45 bits per heavy atom. The van der Waals surface area contributed by atoms with E-state index in [9.17, 15) is 0 Å². The quantitative estimate of drug-likeness (QED) is 0.569. The lowest BCUT2D eigenvalue weighted by atomic mass is 10.2. The highest BCUT2D eigenvalue weighted by Gasteiger charge is 1.99. The predicted octanol–water partition coefficient (Wildman–Crippen LogP) is 1.51. The Labute approximate surface area is 118 Å². The fraction of sp³-hybridized carbons (Fsp3) is 0.417. The van der Waals surface area contributed by atoms with E-state index in [1.54, 1.807) is 0 Å². The maximum Gasteiger partial charge on any atom is 0.394 e. The summed E-state index contributed by atoms with van der Waals surface area (Å²) in [5.74, 6) is 0. The van der Waals surface area contributed by atoms with Crippen LogP contribution in [-0.4, -0.2) is 33.6 Å². The summed E-state index contributed by atoms with van der Waals surface area (Å²) in [4.78, 5) is 4.36. The molecule has 0 bridgehead atoms. The summed E-state index contributed by atoms with van der Waals surface area (Å²) < 4.78 is 33.8. The zero-order valence-corrected chi connectivity index (χ0v) is 11.8. The molecule has 4 N–H and O–H groups in total. The third kappa shape index (κ3) is 6.62. The van der Waals surface area contributed by atoms with Crippen molar-refractivity contribution in [2.75, 3.05) is 6.54 Å². The van der Waals surface area contributed by atoms with Crippen LogP contribution in [0, 0.1) is 0 Å². The molecule has 0 fully saturated rings. The molecule has 0 saturated carbocycles. The van der Waals surface area contributed by atoms with Gasteiger partial charge in [-0.05, 0) is 31.5 Å². The lowest BCUT2D eigenvalue weighted by Gasteiger charge is -2.03. The van der Waals surface area contributed by atoms with E-state index in [4.69, 9.17) is 23.3 Å². The van der Waals surface area contributed by atoms with E-state index in [-0.39, 0.29) is 0 Å². The largest absolute Gasteiger partial charge is 0.394 e. The van der Waals surface area contributed by atoms with Gasteiger partial charge in [0.1, 0.15) is 0 Å². The summed E-state index contributed by atoms with van der Waals surface area (Å²) in [5, 5.41) is 0. The number of aryl methyl sites for hydroxylation is 1. The second kappa shape index (κ2) is 7.95. The Kier molecular flexibility index (Phi) is 6.59. The smallest absolute Gasteiger partial charge is 0.331 e. The standard InChI is InChI=1S/C12H17N3.H2O4S/c13-8-4-1-5-9-15-10-14-11-6-2-3-7-12(11)15;1-5(2,3)4/h2-3,6-7,10H,1,4-5,8-9,13H2;(H2,1,2,3,4). The van der Waals surface area contributed by atoms with E-state index in [1.165, 1.54) is 18.4 Å². The van der Waals surface area contributed by atoms with Crippen molar-refractivity contribution in [2.24, 2.45) is 5.73 Å². The molecule has 1 heterocycles. The van der Waals surface area contributed by atoms with Crippen LogP contribution in [0.15, 0.2) is 30.6 Å². The van der Waals surface area contributed by atoms with E-state index in [2.05, 4.69) is 21.7 Å². The van der Waals surface area contributed by atoms with Crippen LogP contribution in [0.5, 0.6) is 0 Å². The fourth-order valence-corrected chi connectivity index (χ4v) is 1.79. The van der Waals surface area contributed by atoms with Crippen molar-refractivity contribution in [3.05, 3.63) is 30.6 Å². The first-order chi connectivity index (χ1) is 9.42. The highest BCUT2D eigenvalue weighted by Crippen LogP contribution is 2.12. The van der Waals surface area contributed by atoms with Crippen LogP contribution in [0.1, 0.15) is 19.3 Å². The first kappa shape index (κ1) is 16.6. The number of imidazole rings is 1. The third-order valence-electron chi connectivity index (χ3n) is 2.63. The van der Waals surface area contributed by atoms with Gasteiger partial charge in [0, 0.05) is 6.54 Å². The molecule has 2 aromatic rings. The number of nitrogens with two attached hydrogens (primary N) is 1. The molecular weight excluding hydrogens is 282 g/mol. The van der Waals surface area contributed by atoms with Gasteiger partial charge < -0.3 is 10.3 Å². The fourth-order valence-electron chi connectivity index (χ4n) is 1.79. The van der Waals surface area contributed by atoms with Gasteiger partial charge >= 0.3 is 10.4 Å². The Hall–Kier alpha value is -1.48. The van der Waals surface area contributed by atoms with Crippen molar-refractivity contribution < 1.29 is 17.5 Å². The van der Waals surface area contributed by atoms with Crippen LogP contribution in [0.2, 0.25) is 0 Å². The number of benzene rings is 1. The Morgan fingerprint density at radius 1 is 1.15 bits per heavy atom. The molecule has 0 unspecified atom stereocenters. The van der Waals surface area contributed by atoms with E-state index in [0.29, 0.717) is 0 Å². The Balaban J connectivity index is 0.000000347. The molecule has 2 rings (SSSR count). The van der Waals surface area contributed by atoms with Gasteiger partial charge in [-0.25, -0.2) is 4.98 Å². The lowest BCUT2D eigenvalue weighted by molar-refractivity contribution is 0.381. The molecule has 0 spiro atoms. The van der Waals surface area contributed by atoms with Gasteiger partial charge in [-0.15, -0.1) is 0 Å². The molecule has 0 saturated heterocycles. The molecule has 0 radical (unpaired) electrons. The Bertz CT molecular complexity index is 616. The van der Waals surface area contributed by atoms with Crippen molar-refractivity contribution in [3.8, 4) is 0 Å². The first-order valence-corrected chi connectivity index (χ1v) is 7.61. The molecule has 1 aromatic carbocycles. The van der Waals surface area contributed by atoms with E-state index >= 15 is 0 Å². The van der Waals surface area contributed by atoms with Gasteiger partial charge in [0.25, 0.3) is 0 Å². The molecule has 0 amide bonds. The number of aromatic nitrogens is 2. The number of nitrogens with zero attached hydrogens (tertiary/aromatic N) is 2. The number of hydrogen-bond donors (Lipinski definition) is 3. The monoisotopic (exact) mass is 301 g/mol. The zero-order valence-electron chi connectivity index (χ0n) is 11.0. The van der Waals surface area contributed by atoms with Crippen LogP contribution in [-0.2, 0) is 16.9 Å². The van der Waals surface area contributed by atoms with Gasteiger partial charge in [-0.3, -0.25) is 9.11 Å². The number of unbranched alkanes of at least 4 members (excludes halogenated alkanes) is 2. The van der Waals surface area contributed by atoms with Crippen molar-refractivity contribution in [2.45, 2.75) is 25.8 Å². The van der Waals surface area contributed by atoms with Crippen molar-refractivity contribution >= 4 is 21.4 Å². The molecule has 7 nitrogen and oxygen atoms in total. The molecular formula is C12H19N3O4S. The van der Waals surface area contributed by atoms with Crippen LogP contribution < -0.4 is 5.73 Å². The minimum absolute atomic E-state index is 0.796. The summed E-state index contributed by atoms with van der Waals surface area (Å²) >= 11 is 0. The first-order valence-electron chi connectivity index (χ1n) is 6.21. The van der Waals surface area contributed by atoms with Crippen molar-refractivity contribution in [3.63, 3.8) is 0 Å². The van der Waals surface area contributed by atoms with Crippen LogP contribution >= 0.6 is 0 Å². The number of hydrogen-bond acceptors (Lipinski definition) is 4. The van der Waals surface area contributed by atoms with Gasteiger partial charge in [0.2, 0.25) is 0 Å². The minimum atomic E-state index is -4.67. The predicted molar refractivity (Wildman–Crippen MR) is 76.8 cm³/mol. The zero-order chi connectivity index (χ0) is 15.0. The number of para-hydroxylation sites is 2. The average molecular weight is 301 g/mol. The van der Waals surface area contributed by atoms with Gasteiger partial charge in [-0.2, -0.15) is 8.42 Å². The maximum atomic E-state index is 8.74. The highest BCUT2D eigenvalue weighted by atomic mass is 32.3. The molecule has 0 aliphatic heterocycles. The minimum Gasteiger partial charge on any atom is -0.331 e. The van der Waals surface area contributed by atoms with Crippen LogP contribution in [0.4, 0.5) is 0 Å². The second-order valence-electron chi connectivity index (χ2n) is 4.22. The van der Waals surface area contributed by atoms with E-state index in [0.717, 1.165) is 25.0 Å². The number of fused-ring (bicyclic) bond motifs is 1. The number of rotatable bonds is 5. The summed E-state index contributed by atoms with van der Waals surface area (Å²) in [5.41, 5.74) is 7.77. The van der Waals surface area contributed by atoms with Crippen molar-refractivity contribution in [1.82, 2.24) is 9.55 Å². The van der Waals surface area contributed by atoms with Crippen LogP contribution in [0.3, 0.4) is 0 Å².